The van der Waals surface area contributed by atoms with Gasteiger partial charge in [-0.05, 0) is 42.3 Å². The Hall–Kier alpha value is -4.53. The first kappa shape index (κ1) is 20.1. The molecule has 168 valence electrons. The van der Waals surface area contributed by atoms with E-state index in [1.807, 2.05) is 45.5 Å². The topological polar surface area (TPSA) is 99.5 Å². The van der Waals surface area contributed by atoms with Crippen molar-refractivity contribution in [2.45, 2.75) is 13.0 Å². The van der Waals surface area contributed by atoms with Crippen molar-refractivity contribution in [1.29, 1.82) is 0 Å². The molecule has 1 atom stereocenters. The Morgan fingerprint density at radius 2 is 1.91 bits per heavy atom. The van der Waals surface area contributed by atoms with Crippen molar-refractivity contribution >= 4 is 27.7 Å². The van der Waals surface area contributed by atoms with Crippen molar-refractivity contribution in [3.63, 3.8) is 0 Å². The molecule has 0 spiro atoms. The summed E-state index contributed by atoms with van der Waals surface area (Å²) in [5.41, 5.74) is 8.48. The van der Waals surface area contributed by atoms with Gasteiger partial charge in [-0.2, -0.15) is 5.10 Å². The van der Waals surface area contributed by atoms with Gasteiger partial charge < -0.3 is 9.73 Å². The van der Waals surface area contributed by atoms with Crippen molar-refractivity contribution < 1.29 is 4.42 Å². The first-order valence-electron chi connectivity index (χ1n) is 10.9. The fourth-order valence-electron chi connectivity index (χ4n) is 4.34. The van der Waals surface area contributed by atoms with Crippen LogP contribution in [-0.4, -0.2) is 34.7 Å². The van der Waals surface area contributed by atoms with E-state index < -0.39 is 0 Å². The smallest absolute Gasteiger partial charge is 0.134 e. The van der Waals surface area contributed by atoms with Crippen LogP contribution in [0, 0.1) is 6.92 Å². The zero-order chi connectivity index (χ0) is 23.2. The number of aryl methyl sites for hydroxylation is 3. The summed E-state index contributed by atoms with van der Waals surface area (Å²) < 4.78 is 9.20. The second-order valence-electron chi connectivity index (χ2n) is 8.38. The number of aromatic nitrogens is 7. The third-order valence-corrected chi connectivity index (χ3v) is 6.07. The number of nitrogens with one attached hydrogen (secondary N) is 1. The van der Waals surface area contributed by atoms with Crippen LogP contribution in [0.1, 0.15) is 22.9 Å². The molecule has 0 saturated carbocycles. The van der Waals surface area contributed by atoms with E-state index in [-0.39, 0.29) is 6.04 Å². The molecule has 0 aliphatic carbocycles. The van der Waals surface area contributed by atoms with Gasteiger partial charge in [-0.1, -0.05) is 11.3 Å². The number of anilines is 1. The number of hydrogen-bond acceptors (Lipinski definition) is 7. The number of benzene rings is 2. The zero-order valence-corrected chi connectivity index (χ0v) is 19.0. The van der Waals surface area contributed by atoms with Crippen LogP contribution in [0.4, 0.5) is 5.69 Å². The number of hydrogen-bond donors (Lipinski definition) is 1. The molecule has 1 N–H and O–H groups in total. The second-order valence-corrected chi connectivity index (χ2v) is 8.38. The highest BCUT2D eigenvalue weighted by Crippen LogP contribution is 2.35. The molecular weight excluding hydrogens is 428 g/mol. The quantitative estimate of drug-likeness (QED) is 0.415. The van der Waals surface area contributed by atoms with Crippen LogP contribution in [0.15, 0.2) is 72.0 Å². The standard InChI is InChI=1S/C25H22N8O/c1-15-14-34-23-5-4-16(8-19(15)23)20-9-18(10-21-25(20)27-7-6-26-21)30-24(17-11-29-32(2)13-17)22-12-28-31-33(22)3/h4-14,24,30H,1-3H3. The Balaban J connectivity index is 1.50. The molecule has 6 aromatic rings. The third-order valence-electron chi connectivity index (χ3n) is 6.07. The van der Waals surface area contributed by atoms with Gasteiger partial charge in [0.15, 0.2) is 0 Å². The van der Waals surface area contributed by atoms with Crippen LogP contribution in [0.2, 0.25) is 0 Å². The molecule has 0 saturated heterocycles. The predicted molar refractivity (Wildman–Crippen MR) is 129 cm³/mol. The van der Waals surface area contributed by atoms with E-state index in [1.54, 1.807) is 34.2 Å². The molecular formula is C25H22N8O. The van der Waals surface area contributed by atoms with Crippen molar-refractivity contribution in [3.8, 4) is 11.1 Å². The Bertz CT molecular complexity index is 1640. The van der Waals surface area contributed by atoms with Gasteiger partial charge in [-0.15, -0.1) is 5.10 Å². The maximum absolute atomic E-state index is 5.64. The minimum Gasteiger partial charge on any atom is -0.464 e. The fourth-order valence-corrected chi connectivity index (χ4v) is 4.34. The molecule has 0 bridgehead atoms. The van der Waals surface area contributed by atoms with Gasteiger partial charge in [0, 0.05) is 54.9 Å². The molecule has 2 aromatic carbocycles. The lowest BCUT2D eigenvalue weighted by Crippen LogP contribution is -2.16. The minimum atomic E-state index is -0.200. The van der Waals surface area contributed by atoms with Crippen molar-refractivity contribution in [2.75, 3.05) is 5.32 Å². The predicted octanol–water partition coefficient (Wildman–Crippen LogP) is 4.41. The Labute approximate surface area is 195 Å². The molecule has 0 aliphatic rings. The molecule has 0 radical (unpaired) electrons. The number of fused-ring (bicyclic) bond motifs is 2. The highest BCUT2D eigenvalue weighted by Gasteiger charge is 2.21. The minimum absolute atomic E-state index is 0.200. The largest absolute Gasteiger partial charge is 0.464 e. The first-order valence-corrected chi connectivity index (χ1v) is 10.9. The van der Waals surface area contributed by atoms with E-state index in [2.05, 4.69) is 48.9 Å². The van der Waals surface area contributed by atoms with Gasteiger partial charge >= 0.3 is 0 Å². The second kappa shape index (κ2) is 7.80. The van der Waals surface area contributed by atoms with E-state index in [0.717, 1.165) is 55.6 Å². The van der Waals surface area contributed by atoms with E-state index in [4.69, 9.17) is 4.42 Å². The maximum Gasteiger partial charge on any atom is 0.134 e. The normalized spacial score (nSPS) is 12.4. The molecule has 9 heteroatoms. The van der Waals surface area contributed by atoms with Crippen LogP contribution in [-0.2, 0) is 14.1 Å². The SMILES string of the molecule is Cc1coc2ccc(-c3cc(NC(c4cnn(C)c4)c4cnnn4C)cc4nccnc34)cc12. The maximum atomic E-state index is 5.64. The molecule has 1 unspecified atom stereocenters. The van der Waals surface area contributed by atoms with Gasteiger partial charge in [-0.25, -0.2) is 4.68 Å². The van der Waals surface area contributed by atoms with Crippen LogP contribution in [0.25, 0.3) is 33.1 Å². The van der Waals surface area contributed by atoms with Crippen molar-refractivity contribution in [2.24, 2.45) is 14.1 Å². The summed E-state index contributed by atoms with van der Waals surface area (Å²) >= 11 is 0. The summed E-state index contributed by atoms with van der Waals surface area (Å²) in [5.74, 6) is 0. The van der Waals surface area contributed by atoms with Crippen LogP contribution in [0.5, 0.6) is 0 Å². The van der Waals surface area contributed by atoms with E-state index in [0.29, 0.717) is 0 Å². The third kappa shape index (κ3) is 3.38. The van der Waals surface area contributed by atoms with Gasteiger partial charge in [0.1, 0.15) is 5.58 Å². The Kier molecular flexibility index (Phi) is 4.61. The van der Waals surface area contributed by atoms with Crippen LogP contribution < -0.4 is 5.32 Å². The van der Waals surface area contributed by atoms with E-state index in [1.165, 1.54) is 0 Å². The molecule has 9 nitrogen and oxygen atoms in total. The summed E-state index contributed by atoms with van der Waals surface area (Å²) in [6.45, 7) is 2.05. The van der Waals surface area contributed by atoms with Gasteiger partial charge in [0.25, 0.3) is 0 Å². The Morgan fingerprint density at radius 3 is 2.71 bits per heavy atom. The van der Waals surface area contributed by atoms with Gasteiger partial charge in [-0.3, -0.25) is 14.6 Å². The first-order chi connectivity index (χ1) is 16.6. The fraction of sp³-hybridized carbons (Fsp3) is 0.160. The molecule has 4 aromatic heterocycles. The lowest BCUT2D eigenvalue weighted by molar-refractivity contribution is 0.613. The summed E-state index contributed by atoms with van der Waals surface area (Å²) in [7, 11) is 3.78. The van der Waals surface area contributed by atoms with Crippen molar-refractivity contribution in [1.82, 2.24) is 34.7 Å². The summed E-state index contributed by atoms with van der Waals surface area (Å²) in [6, 6.07) is 10.1. The molecule has 6 rings (SSSR count). The molecule has 4 heterocycles. The highest BCUT2D eigenvalue weighted by atomic mass is 16.3. The molecule has 34 heavy (non-hydrogen) atoms. The lowest BCUT2D eigenvalue weighted by atomic mass is 10.00. The van der Waals surface area contributed by atoms with Crippen LogP contribution in [0.3, 0.4) is 0 Å². The highest BCUT2D eigenvalue weighted by molar-refractivity contribution is 5.97. The molecule has 0 aliphatic heterocycles. The summed E-state index contributed by atoms with van der Waals surface area (Å²) in [4.78, 5) is 9.24. The summed E-state index contributed by atoms with van der Waals surface area (Å²) in [6.07, 6.45) is 10.8. The average Bonchev–Trinajstić information content (AvgIpc) is 3.57. The van der Waals surface area contributed by atoms with Crippen LogP contribution >= 0.6 is 0 Å². The van der Waals surface area contributed by atoms with E-state index in [9.17, 15) is 0 Å². The van der Waals surface area contributed by atoms with Gasteiger partial charge in [0.05, 0.1) is 41.4 Å². The Morgan fingerprint density at radius 1 is 1.03 bits per heavy atom. The lowest BCUT2D eigenvalue weighted by Gasteiger charge is -2.20. The number of rotatable bonds is 5. The van der Waals surface area contributed by atoms with Gasteiger partial charge in [0.2, 0.25) is 0 Å². The number of nitrogens with zero attached hydrogens (tertiary/aromatic N) is 7. The number of furan rings is 1. The molecule has 0 fully saturated rings. The molecule has 0 amide bonds. The van der Waals surface area contributed by atoms with Crippen molar-refractivity contribution in [3.05, 3.63) is 84.4 Å². The summed E-state index contributed by atoms with van der Waals surface area (Å²) in [5, 5.41) is 17.3. The zero-order valence-electron chi connectivity index (χ0n) is 19.0. The monoisotopic (exact) mass is 450 g/mol. The van der Waals surface area contributed by atoms with E-state index >= 15 is 0 Å². The average molecular weight is 451 g/mol.